The molecule has 1 aliphatic carbocycles. The average molecular weight is 603 g/mol. The Bertz CT molecular complexity index is 853. The molecule has 0 heterocycles. The maximum Gasteiger partial charge on any atom is 0.219 e. The first-order valence-corrected chi connectivity index (χ1v) is 15.7. The molecule has 1 aliphatic rings. The van der Waals surface area contributed by atoms with E-state index >= 15 is 0 Å². The Kier molecular flexibility index (Phi) is 31.4. The van der Waals surface area contributed by atoms with Crippen LogP contribution in [-0.2, 0) is 9.63 Å². The Morgan fingerprint density at radius 2 is 1.50 bits per heavy atom. The zero-order valence-corrected chi connectivity index (χ0v) is 29.3. The predicted octanol–water partition coefficient (Wildman–Crippen LogP) is 9.41. The van der Waals surface area contributed by atoms with Crippen molar-refractivity contribution in [1.82, 2.24) is 10.4 Å². The number of amides is 1. The Hall–Kier alpha value is -2.46. The molecule has 5 nitrogen and oxygen atoms in total. The highest BCUT2D eigenvalue weighted by Crippen LogP contribution is 2.21. The Labute approximate surface area is 265 Å². The molecule has 0 atom stereocenters. The number of carbonyl (C=O) groups is 1. The van der Waals surface area contributed by atoms with Crippen LogP contribution in [0.5, 0.6) is 5.75 Å². The number of hydrogen-bond acceptors (Lipinski definition) is 5. The largest absolute Gasteiger partial charge is 0.497 e. The van der Waals surface area contributed by atoms with Crippen molar-refractivity contribution in [3.8, 4) is 18.6 Å². The molecule has 2 aromatic carbocycles. The number of hydroxylamine groups is 2. The predicted molar refractivity (Wildman–Crippen MR) is 186 cm³/mol. The smallest absolute Gasteiger partial charge is 0.219 e. The highest BCUT2D eigenvalue weighted by atomic mass is 32.1. The third kappa shape index (κ3) is 33.7. The van der Waals surface area contributed by atoms with Gasteiger partial charge in [-0.25, -0.2) is 0 Å². The summed E-state index contributed by atoms with van der Waals surface area (Å²) in [5, 5.41) is 4.83. The van der Waals surface area contributed by atoms with E-state index < -0.39 is 0 Å². The van der Waals surface area contributed by atoms with E-state index in [1.54, 1.807) is 7.11 Å². The van der Waals surface area contributed by atoms with Crippen molar-refractivity contribution in [2.75, 3.05) is 27.2 Å². The Morgan fingerprint density at radius 3 is 1.90 bits per heavy atom. The van der Waals surface area contributed by atoms with Crippen LogP contribution in [0.3, 0.4) is 0 Å². The van der Waals surface area contributed by atoms with Crippen molar-refractivity contribution in [2.45, 2.75) is 111 Å². The quantitative estimate of drug-likeness (QED) is 0.130. The molecule has 0 bridgehead atoms. The van der Waals surface area contributed by atoms with Gasteiger partial charge in [0, 0.05) is 31.5 Å². The lowest BCUT2D eigenvalue weighted by Gasteiger charge is -2.21. The van der Waals surface area contributed by atoms with Crippen molar-refractivity contribution in [1.29, 1.82) is 0 Å². The van der Waals surface area contributed by atoms with Gasteiger partial charge in [0.25, 0.3) is 0 Å². The molecule has 0 aliphatic heterocycles. The summed E-state index contributed by atoms with van der Waals surface area (Å²) >= 11 is 4.11. The number of methoxy groups -OCH3 is 1. The monoisotopic (exact) mass is 602 g/mol. The number of benzene rings is 2. The molecule has 2 aromatic rings. The molecule has 0 spiro atoms. The lowest BCUT2D eigenvalue weighted by atomic mass is 10.0. The van der Waals surface area contributed by atoms with Crippen molar-refractivity contribution in [2.24, 2.45) is 5.41 Å². The number of thiol groups is 1. The fraction of sp³-hybridized carbons (Fsp3) is 0.583. The van der Waals surface area contributed by atoms with Crippen LogP contribution in [0.4, 0.5) is 0 Å². The Balaban J connectivity index is -0.000000511. The first-order chi connectivity index (χ1) is 19.9. The first-order valence-electron chi connectivity index (χ1n) is 15.3. The molecule has 1 amide bonds. The third-order valence-electron chi connectivity index (χ3n) is 5.09. The molecule has 6 heteroatoms. The number of rotatable bonds is 9. The highest BCUT2D eigenvalue weighted by Gasteiger charge is 2.17. The van der Waals surface area contributed by atoms with Crippen LogP contribution in [0.2, 0.25) is 0 Å². The van der Waals surface area contributed by atoms with Crippen LogP contribution >= 0.6 is 12.6 Å². The number of aryl methyl sites for hydroxylation is 1. The molecule has 42 heavy (non-hydrogen) atoms. The topological polar surface area (TPSA) is 50.8 Å². The number of terminal acetylenes is 1. The summed E-state index contributed by atoms with van der Waals surface area (Å²) in [6.07, 6.45) is 15.9. The SMILES string of the molecule is C#C.CC.CC(C)(C)C.CCCC(=O)NCCCN(C)OC1CCCC1.COc1ccc(S)cc1.Cc1ccccc1. The van der Waals surface area contributed by atoms with Gasteiger partial charge in [-0.15, -0.1) is 25.5 Å². The van der Waals surface area contributed by atoms with E-state index in [9.17, 15) is 4.79 Å². The standard InChI is InChI=1S/C13H26N2O2.C7H8OS.C7H8.C5H12.C2H6.C2H2/c1-3-7-13(16)14-10-6-11-15(2)17-12-8-4-5-9-12;1-8-6-2-4-7(9)5-3-6;1-7-5-3-2-4-6-7;1-5(2,3)4;2*1-2/h12H,3-11H2,1-2H3,(H,14,16);2-5,9H,1H3;2-6H,1H3;1-4H3;1-2H3;1-2H. The van der Waals surface area contributed by atoms with Crippen LogP contribution in [0, 0.1) is 25.2 Å². The van der Waals surface area contributed by atoms with E-state index in [1.807, 2.05) is 75.3 Å². The van der Waals surface area contributed by atoms with Crippen LogP contribution in [0.25, 0.3) is 0 Å². The van der Waals surface area contributed by atoms with Crippen LogP contribution in [0.15, 0.2) is 59.5 Å². The van der Waals surface area contributed by atoms with Gasteiger partial charge in [-0.2, -0.15) is 5.06 Å². The van der Waals surface area contributed by atoms with E-state index in [0.29, 0.717) is 17.9 Å². The second-order valence-electron chi connectivity index (χ2n) is 11.2. The summed E-state index contributed by atoms with van der Waals surface area (Å²) in [4.78, 5) is 18.0. The average Bonchev–Trinajstić information content (AvgIpc) is 3.47. The maximum atomic E-state index is 11.2. The zero-order valence-electron chi connectivity index (χ0n) is 28.4. The fourth-order valence-corrected chi connectivity index (χ4v) is 3.41. The van der Waals surface area contributed by atoms with Crippen LogP contribution in [-0.4, -0.2) is 44.3 Å². The van der Waals surface area contributed by atoms with E-state index in [1.165, 1.54) is 31.2 Å². The van der Waals surface area contributed by atoms with E-state index in [0.717, 1.165) is 36.6 Å². The second-order valence-corrected chi connectivity index (χ2v) is 11.7. The molecule has 1 fully saturated rings. The number of carbonyl (C=O) groups excluding carboxylic acids is 1. The van der Waals surface area contributed by atoms with E-state index in [4.69, 9.17) is 9.57 Å². The molecule has 0 saturated heterocycles. The van der Waals surface area contributed by atoms with Gasteiger partial charge in [0.2, 0.25) is 5.91 Å². The fourth-order valence-electron chi connectivity index (χ4n) is 3.26. The molecule has 240 valence electrons. The summed E-state index contributed by atoms with van der Waals surface area (Å²) < 4.78 is 4.94. The molecule has 0 aromatic heterocycles. The minimum absolute atomic E-state index is 0.159. The number of nitrogens with one attached hydrogen (secondary N) is 1. The number of nitrogens with zero attached hydrogens (tertiary/aromatic N) is 1. The van der Waals surface area contributed by atoms with Crippen LogP contribution in [0.1, 0.15) is 99.0 Å². The molecule has 0 radical (unpaired) electrons. The van der Waals surface area contributed by atoms with Crippen molar-refractivity contribution < 1.29 is 14.4 Å². The first kappa shape index (κ1) is 44.0. The van der Waals surface area contributed by atoms with Gasteiger partial charge in [0.05, 0.1) is 13.2 Å². The molecule has 3 rings (SSSR count). The van der Waals surface area contributed by atoms with Crippen molar-refractivity contribution in [3.63, 3.8) is 0 Å². The highest BCUT2D eigenvalue weighted by molar-refractivity contribution is 7.80. The van der Waals surface area contributed by atoms with Gasteiger partial charge in [-0.1, -0.05) is 97.2 Å². The van der Waals surface area contributed by atoms with Gasteiger partial charge in [-0.3, -0.25) is 9.63 Å². The van der Waals surface area contributed by atoms with Gasteiger partial charge in [0.15, 0.2) is 0 Å². The van der Waals surface area contributed by atoms with Gasteiger partial charge < -0.3 is 10.1 Å². The Morgan fingerprint density at radius 1 is 1.00 bits per heavy atom. The molecular weight excluding hydrogens is 540 g/mol. The molecule has 1 saturated carbocycles. The number of ether oxygens (including phenoxy) is 1. The normalized spacial score (nSPS) is 11.8. The third-order valence-corrected chi connectivity index (χ3v) is 5.39. The zero-order chi connectivity index (χ0) is 32.8. The summed E-state index contributed by atoms with van der Waals surface area (Å²) in [7, 11) is 3.62. The van der Waals surface area contributed by atoms with E-state index in [-0.39, 0.29) is 5.91 Å². The lowest BCUT2D eigenvalue weighted by molar-refractivity contribution is -0.178. The lowest BCUT2D eigenvalue weighted by Crippen LogP contribution is -2.30. The molecular formula is C36H62N2O3S. The summed E-state index contributed by atoms with van der Waals surface area (Å²) in [6.45, 7) is 18.5. The summed E-state index contributed by atoms with van der Waals surface area (Å²) in [5.41, 5.74) is 1.82. The molecule has 1 N–H and O–H groups in total. The van der Waals surface area contributed by atoms with Crippen molar-refractivity contribution in [3.05, 3.63) is 60.2 Å². The van der Waals surface area contributed by atoms with Gasteiger partial charge >= 0.3 is 0 Å². The summed E-state index contributed by atoms with van der Waals surface area (Å²) in [6, 6.07) is 17.8. The minimum Gasteiger partial charge on any atom is -0.497 e. The van der Waals surface area contributed by atoms with Crippen molar-refractivity contribution >= 4 is 18.5 Å². The number of hydrogen-bond donors (Lipinski definition) is 2. The van der Waals surface area contributed by atoms with E-state index in [2.05, 4.69) is 77.5 Å². The minimum atomic E-state index is 0.159. The second kappa shape index (κ2) is 30.0. The molecule has 0 unspecified atom stereocenters. The summed E-state index contributed by atoms with van der Waals surface area (Å²) in [5.74, 6) is 1.03. The maximum absolute atomic E-state index is 11.2. The van der Waals surface area contributed by atoms with Crippen LogP contribution < -0.4 is 10.1 Å². The van der Waals surface area contributed by atoms with Gasteiger partial charge in [-0.05, 0) is 62.3 Å². The van der Waals surface area contributed by atoms with Gasteiger partial charge in [0.1, 0.15) is 5.75 Å².